The minimum absolute atomic E-state index is 0.792. The van der Waals surface area contributed by atoms with Crippen LogP contribution in [0.4, 0.5) is 0 Å². The normalized spacial score (nSPS) is 10.4. The molecular weight excluding hydrogens is 114 g/mol. The zero-order valence-corrected chi connectivity index (χ0v) is 5.97. The number of ether oxygens (including phenoxy) is 1. The predicted octanol–water partition coefficient (Wildman–Crippen LogP) is 1.28. The number of allylic oxidation sites excluding steroid dienone is 1. The zero-order valence-electron chi connectivity index (χ0n) is 5.97. The Morgan fingerprint density at radius 3 is 2.78 bits per heavy atom. The average molecular weight is 129 g/mol. The fourth-order valence-electron chi connectivity index (χ4n) is 0.571. The van der Waals surface area contributed by atoms with Crippen LogP contribution in [-0.2, 0) is 4.74 Å². The second-order valence-electron chi connectivity index (χ2n) is 1.89. The average Bonchev–Trinajstić information content (AvgIpc) is 1.89. The number of hydrogen-bond donors (Lipinski definition) is 1. The van der Waals surface area contributed by atoms with Crippen molar-refractivity contribution in [2.45, 2.75) is 19.3 Å². The molecule has 2 nitrogen and oxygen atoms in total. The van der Waals surface area contributed by atoms with E-state index in [1.54, 1.807) is 13.4 Å². The van der Waals surface area contributed by atoms with Crippen molar-refractivity contribution in [3.63, 3.8) is 0 Å². The molecule has 0 rings (SSSR count). The molecule has 0 aromatic carbocycles. The van der Waals surface area contributed by atoms with Gasteiger partial charge in [-0.05, 0) is 31.9 Å². The number of hydrogen-bond acceptors (Lipinski definition) is 2. The highest BCUT2D eigenvalue weighted by atomic mass is 16.5. The Bertz CT molecular complexity index is 71.3. The molecule has 0 aliphatic rings. The van der Waals surface area contributed by atoms with E-state index < -0.39 is 0 Å². The van der Waals surface area contributed by atoms with Crippen LogP contribution in [0.1, 0.15) is 19.3 Å². The first-order valence-corrected chi connectivity index (χ1v) is 3.29. The van der Waals surface area contributed by atoms with Gasteiger partial charge in [-0.15, -0.1) is 0 Å². The van der Waals surface area contributed by atoms with Gasteiger partial charge in [0.15, 0.2) is 0 Å². The van der Waals surface area contributed by atoms with E-state index in [1.807, 2.05) is 6.08 Å². The van der Waals surface area contributed by atoms with Crippen LogP contribution in [0.25, 0.3) is 0 Å². The number of nitrogens with two attached hydrogens (primary N) is 1. The molecule has 0 saturated heterocycles. The zero-order chi connectivity index (χ0) is 6.95. The minimum Gasteiger partial charge on any atom is -0.505 e. The molecule has 0 heterocycles. The summed E-state index contributed by atoms with van der Waals surface area (Å²) in [5.41, 5.74) is 5.29. The molecular formula is C7H15NO. The number of rotatable bonds is 5. The lowest BCUT2D eigenvalue weighted by Gasteiger charge is -1.90. The maximum Gasteiger partial charge on any atom is 0.0784 e. The fourth-order valence-corrected chi connectivity index (χ4v) is 0.571. The van der Waals surface area contributed by atoms with Crippen LogP contribution in [0.3, 0.4) is 0 Å². The van der Waals surface area contributed by atoms with Gasteiger partial charge >= 0.3 is 0 Å². The van der Waals surface area contributed by atoms with Gasteiger partial charge in [0.1, 0.15) is 0 Å². The molecule has 0 amide bonds. The summed E-state index contributed by atoms with van der Waals surface area (Å²) in [5.74, 6) is 0. The van der Waals surface area contributed by atoms with E-state index in [0.717, 1.165) is 25.8 Å². The van der Waals surface area contributed by atoms with Crippen molar-refractivity contribution in [3.05, 3.63) is 12.3 Å². The third kappa shape index (κ3) is 7.50. The summed E-state index contributed by atoms with van der Waals surface area (Å²) in [4.78, 5) is 0. The van der Waals surface area contributed by atoms with E-state index in [9.17, 15) is 0 Å². The lowest BCUT2D eigenvalue weighted by molar-refractivity contribution is 0.336. The maximum absolute atomic E-state index is 5.29. The molecule has 0 spiro atoms. The molecule has 0 unspecified atom stereocenters. The van der Waals surface area contributed by atoms with Gasteiger partial charge in [-0.1, -0.05) is 0 Å². The quantitative estimate of drug-likeness (QED) is 0.448. The molecule has 0 radical (unpaired) electrons. The number of unbranched alkanes of at least 4 members (excludes halogenated alkanes) is 2. The van der Waals surface area contributed by atoms with Crippen molar-refractivity contribution in [1.82, 2.24) is 0 Å². The second-order valence-corrected chi connectivity index (χ2v) is 1.89. The Kier molecular flexibility index (Phi) is 7.08. The third-order valence-electron chi connectivity index (χ3n) is 1.06. The summed E-state index contributed by atoms with van der Waals surface area (Å²) in [6.07, 6.45) is 7.06. The van der Waals surface area contributed by atoms with Gasteiger partial charge in [0.2, 0.25) is 0 Å². The van der Waals surface area contributed by atoms with E-state index in [4.69, 9.17) is 10.5 Å². The van der Waals surface area contributed by atoms with Crippen LogP contribution in [0.2, 0.25) is 0 Å². The molecule has 0 aliphatic carbocycles. The molecule has 0 aliphatic heterocycles. The molecule has 2 N–H and O–H groups in total. The van der Waals surface area contributed by atoms with Crippen LogP contribution in [-0.4, -0.2) is 13.7 Å². The van der Waals surface area contributed by atoms with Crippen molar-refractivity contribution in [2.24, 2.45) is 5.73 Å². The van der Waals surface area contributed by atoms with Gasteiger partial charge in [-0.25, -0.2) is 0 Å². The summed E-state index contributed by atoms with van der Waals surface area (Å²) in [6, 6.07) is 0. The SMILES string of the molecule is CO/C=C/CCCCN. The maximum atomic E-state index is 5.29. The largest absolute Gasteiger partial charge is 0.505 e. The molecule has 9 heavy (non-hydrogen) atoms. The van der Waals surface area contributed by atoms with Gasteiger partial charge in [-0.3, -0.25) is 0 Å². The van der Waals surface area contributed by atoms with Crippen molar-refractivity contribution in [1.29, 1.82) is 0 Å². The first-order chi connectivity index (χ1) is 4.41. The van der Waals surface area contributed by atoms with Gasteiger partial charge < -0.3 is 10.5 Å². The fraction of sp³-hybridized carbons (Fsp3) is 0.714. The van der Waals surface area contributed by atoms with Crippen molar-refractivity contribution < 1.29 is 4.74 Å². The van der Waals surface area contributed by atoms with Crippen molar-refractivity contribution in [2.75, 3.05) is 13.7 Å². The van der Waals surface area contributed by atoms with E-state index in [2.05, 4.69) is 0 Å². The molecule has 0 bridgehead atoms. The van der Waals surface area contributed by atoms with E-state index in [1.165, 1.54) is 0 Å². The topological polar surface area (TPSA) is 35.2 Å². The highest BCUT2D eigenvalue weighted by Gasteiger charge is 1.79. The Morgan fingerprint density at radius 2 is 2.22 bits per heavy atom. The highest BCUT2D eigenvalue weighted by Crippen LogP contribution is 1.93. The number of methoxy groups -OCH3 is 1. The molecule has 54 valence electrons. The summed E-state index contributed by atoms with van der Waals surface area (Å²) in [5, 5.41) is 0. The monoisotopic (exact) mass is 129 g/mol. The van der Waals surface area contributed by atoms with Crippen LogP contribution >= 0.6 is 0 Å². The van der Waals surface area contributed by atoms with Crippen molar-refractivity contribution in [3.8, 4) is 0 Å². The van der Waals surface area contributed by atoms with E-state index in [0.29, 0.717) is 0 Å². The van der Waals surface area contributed by atoms with Gasteiger partial charge in [0.05, 0.1) is 13.4 Å². The van der Waals surface area contributed by atoms with Gasteiger partial charge in [-0.2, -0.15) is 0 Å². The summed E-state index contributed by atoms with van der Waals surface area (Å²) in [6.45, 7) is 0.792. The molecule has 0 saturated carbocycles. The Morgan fingerprint density at radius 1 is 1.44 bits per heavy atom. The van der Waals surface area contributed by atoms with E-state index >= 15 is 0 Å². The molecule has 0 atom stereocenters. The molecule has 0 aromatic heterocycles. The third-order valence-corrected chi connectivity index (χ3v) is 1.06. The summed E-state index contributed by atoms with van der Waals surface area (Å²) < 4.78 is 4.71. The van der Waals surface area contributed by atoms with Gasteiger partial charge in [0.25, 0.3) is 0 Å². The Labute approximate surface area is 56.7 Å². The van der Waals surface area contributed by atoms with Crippen LogP contribution in [0, 0.1) is 0 Å². The van der Waals surface area contributed by atoms with Crippen LogP contribution in [0.5, 0.6) is 0 Å². The smallest absolute Gasteiger partial charge is 0.0784 e. The Hall–Kier alpha value is -0.500. The highest BCUT2D eigenvalue weighted by molar-refractivity contribution is 4.72. The standard InChI is InChI=1S/C7H15NO/c1-9-7-5-3-2-4-6-8/h5,7H,2-4,6,8H2,1H3/b7-5+. The molecule has 2 heteroatoms. The van der Waals surface area contributed by atoms with Crippen LogP contribution < -0.4 is 5.73 Å². The summed E-state index contributed by atoms with van der Waals surface area (Å²) >= 11 is 0. The van der Waals surface area contributed by atoms with E-state index in [-0.39, 0.29) is 0 Å². The predicted molar refractivity (Wildman–Crippen MR) is 39.1 cm³/mol. The van der Waals surface area contributed by atoms with Gasteiger partial charge in [0, 0.05) is 0 Å². The van der Waals surface area contributed by atoms with Crippen molar-refractivity contribution >= 4 is 0 Å². The Balaban J connectivity index is 2.82. The molecule has 0 fully saturated rings. The summed E-state index contributed by atoms with van der Waals surface area (Å²) in [7, 11) is 1.65. The molecule has 0 aromatic rings. The first kappa shape index (κ1) is 8.50. The lowest BCUT2D eigenvalue weighted by atomic mass is 10.2. The first-order valence-electron chi connectivity index (χ1n) is 3.29. The lowest BCUT2D eigenvalue weighted by Crippen LogP contribution is -1.96. The van der Waals surface area contributed by atoms with Crippen LogP contribution in [0.15, 0.2) is 12.3 Å². The minimum atomic E-state index is 0.792. The second kappa shape index (κ2) is 7.50.